The van der Waals surface area contributed by atoms with E-state index in [1.807, 2.05) is 17.5 Å². The van der Waals surface area contributed by atoms with E-state index in [9.17, 15) is 18.0 Å². The molecule has 122 valence electrons. The van der Waals surface area contributed by atoms with Crippen LogP contribution in [-0.2, 0) is 11.0 Å². The minimum atomic E-state index is -4.50. The summed E-state index contributed by atoms with van der Waals surface area (Å²) >= 11 is 7.60. The largest absolute Gasteiger partial charge is 0.417 e. The molecule has 3 aromatic rings. The first kappa shape index (κ1) is 15.5. The number of carbonyl (C=O) groups is 1. The number of aromatic nitrogens is 1. The summed E-state index contributed by atoms with van der Waals surface area (Å²) in [5.74, 6) is 0. The summed E-state index contributed by atoms with van der Waals surface area (Å²) in [7, 11) is 0. The van der Waals surface area contributed by atoms with Gasteiger partial charge in [0.1, 0.15) is 6.29 Å². The number of aldehydes is 1. The Balaban J connectivity index is 2.09. The van der Waals surface area contributed by atoms with Gasteiger partial charge in [0.25, 0.3) is 0 Å². The molecule has 7 heteroatoms. The topological polar surface area (TPSA) is 22.0 Å². The van der Waals surface area contributed by atoms with E-state index < -0.39 is 17.8 Å². The molecule has 24 heavy (non-hydrogen) atoms. The lowest BCUT2D eigenvalue weighted by Gasteiger charge is -2.24. The maximum absolute atomic E-state index is 13.3. The Kier molecular flexibility index (Phi) is 3.37. The molecule has 0 saturated heterocycles. The van der Waals surface area contributed by atoms with E-state index in [4.69, 9.17) is 11.6 Å². The summed E-state index contributed by atoms with van der Waals surface area (Å²) in [4.78, 5) is 12.4. The molecule has 0 amide bonds. The Morgan fingerprint density at radius 2 is 2.04 bits per heavy atom. The van der Waals surface area contributed by atoms with E-state index in [1.54, 1.807) is 10.6 Å². The van der Waals surface area contributed by atoms with E-state index >= 15 is 0 Å². The average molecular weight is 368 g/mol. The fourth-order valence-electron chi connectivity index (χ4n) is 3.20. The van der Waals surface area contributed by atoms with E-state index in [0.29, 0.717) is 16.7 Å². The van der Waals surface area contributed by atoms with Gasteiger partial charge in [0.2, 0.25) is 0 Å². The van der Waals surface area contributed by atoms with Crippen LogP contribution in [0.25, 0.3) is 17.0 Å². The number of rotatable bonds is 2. The predicted molar refractivity (Wildman–Crippen MR) is 88.4 cm³/mol. The van der Waals surface area contributed by atoms with Crippen molar-refractivity contribution in [2.24, 2.45) is 0 Å². The van der Waals surface area contributed by atoms with Crippen LogP contribution in [0.3, 0.4) is 0 Å². The van der Waals surface area contributed by atoms with Crippen LogP contribution < -0.4 is 0 Å². The molecule has 0 N–H and O–H groups in total. The van der Waals surface area contributed by atoms with Gasteiger partial charge in [-0.05, 0) is 29.2 Å². The SMILES string of the molecule is O=CC1=Cc2ccc(C(F)(F)F)c3c(Cl)cn(c23)[C@@H]1c1cccs1. The van der Waals surface area contributed by atoms with Crippen molar-refractivity contribution in [1.82, 2.24) is 4.57 Å². The second-order valence-electron chi connectivity index (χ2n) is 5.49. The van der Waals surface area contributed by atoms with Gasteiger partial charge in [-0.25, -0.2) is 0 Å². The molecule has 0 fully saturated rings. The molecule has 1 aliphatic rings. The van der Waals surface area contributed by atoms with E-state index in [-0.39, 0.29) is 10.4 Å². The molecular weight excluding hydrogens is 359 g/mol. The second kappa shape index (κ2) is 5.22. The van der Waals surface area contributed by atoms with E-state index in [0.717, 1.165) is 17.2 Å². The van der Waals surface area contributed by atoms with Gasteiger partial charge in [-0.3, -0.25) is 4.79 Å². The molecule has 4 rings (SSSR count). The number of alkyl halides is 3. The molecule has 0 bridgehead atoms. The van der Waals surface area contributed by atoms with Gasteiger partial charge in [0, 0.05) is 22.0 Å². The summed E-state index contributed by atoms with van der Waals surface area (Å²) < 4.78 is 41.7. The maximum Gasteiger partial charge on any atom is 0.417 e. The van der Waals surface area contributed by atoms with Gasteiger partial charge in [-0.1, -0.05) is 23.7 Å². The normalized spacial score (nSPS) is 17.2. The van der Waals surface area contributed by atoms with E-state index in [2.05, 4.69) is 0 Å². The molecule has 1 aliphatic heterocycles. The van der Waals surface area contributed by atoms with Gasteiger partial charge in [-0.15, -0.1) is 11.3 Å². The number of hydrogen-bond acceptors (Lipinski definition) is 2. The van der Waals surface area contributed by atoms with Gasteiger partial charge < -0.3 is 4.57 Å². The van der Waals surface area contributed by atoms with Crippen LogP contribution in [-0.4, -0.2) is 10.9 Å². The molecule has 0 spiro atoms. The lowest BCUT2D eigenvalue weighted by Crippen LogP contribution is -2.16. The molecule has 2 nitrogen and oxygen atoms in total. The third-order valence-electron chi connectivity index (χ3n) is 4.13. The minimum absolute atomic E-state index is 0.0237. The van der Waals surface area contributed by atoms with Crippen molar-refractivity contribution in [2.45, 2.75) is 12.2 Å². The average Bonchev–Trinajstić information content (AvgIpc) is 3.16. The zero-order valence-corrected chi connectivity index (χ0v) is 13.5. The highest BCUT2D eigenvalue weighted by Crippen LogP contribution is 2.46. The van der Waals surface area contributed by atoms with Crippen molar-refractivity contribution in [3.63, 3.8) is 0 Å². The number of halogens is 4. The van der Waals surface area contributed by atoms with Gasteiger partial charge in [0.05, 0.1) is 22.1 Å². The smallest absolute Gasteiger partial charge is 0.333 e. The monoisotopic (exact) mass is 367 g/mol. The molecule has 2 aromatic heterocycles. The van der Waals surface area contributed by atoms with Crippen LogP contribution in [0.4, 0.5) is 13.2 Å². The number of allylic oxidation sites excluding steroid dienone is 1. The Bertz CT molecular complexity index is 986. The fraction of sp³-hybridized carbons (Fsp3) is 0.118. The van der Waals surface area contributed by atoms with Crippen LogP contribution >= 0.6 is 22.9 Å². The molecule has 0 unspecified atom stereocenters. The van der Waals surface area contributed by atoms with Gasteiger partial charge >= 0.3 is 6.18 Å². The quantitative estimate of drug-likeness (QED) is 0.543. The fourth-order valence-corrected chi connectivity index (χ4v) is 4.35. The lowest BCUT2D eigenvalue weighted by atomic mass is 9.96. The highest BCUT2D eigenvalue weighted by Gasteiger charge is 2.36. The van der Waals surface area contributed by atoms with Crippen LogP contribution in [0.2, 0.25) is 5.02 Å². The van der Waals surface area contributed by atoms with Crippen molar-refractivity contribution in [3.8, 4) is 0 Å². The molecule has 1 aromatic carbocycles. The molecule has 3 heterocycles. The zero-order chi connectivity index (χ0) is 17.1. The summed E-state index contributed by atoms with van der Waals surface area (Å²) in [6.45, 7) is 0. The first-order valence-corrected chi connectivity index (χ1v) is 8.28. The zero-order valence-electron chi connectivity index (χ0n) is 12.0. The Hall–Kier alpha value is -2.05. The standard InChI is InChI=1S/C17H9ClF3NOS/c18-12-7-22-15(13-2-1-5-24-13)10(8-23)6-9-3-4-11(17(19,20)21)14(12)16(9)22/h1-8,15H/t15-/m0/s1. The number of nitrogens with zero attached hydrogens (tertiary/aromatic N) is 1. The van der Waals surface area contributed by atoms with Crippen molar-refractivity contribution in [3.05, 3.63) is 62.4 Å². The third kappa shape index (κ3) is 2.13. The Morgan fingerprint density at radius 3 is 2.67 bits per heavy atom. The van der Waals surface area contributed by atoms with Crippen LogP contribution in [0.1, 0.15) is 22.0 Å². The maximum atomic E-state index is 13.3. The highest BCUT2D eigenvalue weighted by molar-refractivity contribution is 7.10. The van der Waals surface area contributed by atoms with Crippen molar-refractivity contribution >= 4 is 46.2 Å². The second-order valence-corrected chi connectivity index (χ2v) is 6.87. The summed E-state index contributed by atoms with van der Waals surface area (Å²) in [6, 6.07) is 5.62. The minimum Gasteiger partial charge on any atom is -0.333 e. The van der Waals surface area contributed by atoms with Crippen molar-refractivity contribution in [2.75, 3.05) is 0 Å². The summed E-state index contributed by atoms with van der Waals surface area (Å²) in [6.07, 6.45) is -0.645. The van der Waals surface area contributed by atoms with Crippen LogP contribution in [0, 0.1) is 0 Å². The predicted octanol–water partition coefficient (Wildman–Crippen LogP) is 5.56. The lowest BCUT2D eigenvalue weighted by molar-refractivity contribution is -0.136. The van der Waals surface area contributed by atoms with E-state index in [1.165, 1.54) is 23.6 Å². The Labute approximate surface area is 143 Å². The van der Waals surface area contributed by atoms with Crippen molar-refractivity contribution < 1.29 is 18.0 Å². The van der Waals surface area contributed by atoms with Gasteiger partial charge in [-0.2, -0.15) is 13.2 Å². The van der Waals surface area contributed by atoms with Crippen molar-refractivity contribution in [1.29, 1.82) is 0 Å². The number of hydrogen-bond donors (Lipinski definition) is 0. The number of thiophene rings is 1. The first-order chi connectivity index (χ1) is 11.4. The number of benzene rings is 1. The first-order valence-electron chi connectivity index (χ1n) is 7.02. The van der Waals surface area contributed by atoms with Crippen LogP contribution in [0.5, 0.6) is 0 Å². The molecule has 0 saturated carbocycles. The summed E-state index contributed by atoms with van der Waals surface area (Å²) in [5.41, 5.74) is 0.676. The number of carbonyl (C=O) groups excluding carboxylic acids is 1. The van der Waals surface area contributed by atoms with Gasteiger partial charge in [0.15, 0.2) is 0 Å². The highest BCUT2D eigenvalue weighted by atomic mass is 35.5. The Morgan fingerprint density at radius 1 is 1.25 bits per heavy atom. The summed E-state index contributed by atoms with van der Waals surface area (Å²) in [5, 5.41) is 1.87. The molecule has 1 atom stereocenters. The third-order valence-corrected chi connectivity index (χ3v) is 5.34. The molecule has 0 radical (unpaired) electrons. The van der Waals surface area contributed by atoms with Crippen LogP contribution in [0.15, 0.2) is 41.4 Å². The molecule has 0 aliphatic carbocycles. The molecular formula is C17H9ClF3NOS.